The molecule has 1 aromatic carbocycles. The SMILES string of the molecule is Cc1nc(C(=O)N(C)CC(=O)N(C)C)nn1-c1ccccc1. The maximum absolute atomic E-state index is 12.3. The average molecular weight is 301 g/mol. The fourth-order valence-corrected chi connectivity index (χ4v) is 1.88. The second-order valence-electron chi connectivity index (χ2n) is 5.18. The van der Waals surface area contributed by atoms with Crippen LogP contribution < -0.4 is 0 Å². The third-order valence-corrected chi connectivity index (χ3v) is 3.18. The first-order chi connectivity index (χ1) is 10.4. The van der Waals surface area contributed by atoms with Gasteiger partial charge in [0.1, 0.15) is 5.82 Å². The summed E-state index contributed by atoms with van der Waals surface area (Å²) in [7, 11) is 4.85. The molecule has 0 spiro atoms. The summed E-state index contributed by atoms with van der Waals surface area (Å²) in [5, 5.41) is 4.24. The molecule has 1 aromatic heterocycles. The molecule has 0 aliphatic heterocycles. The third-order valence-electron chi connectivity index (χ3n) is 3.18. The first-order valence-corrected chi connectivity index (χ1v) is 6.85. The Bertz CT molecular complexity index is 678. The Morgan fingerprint density at radius 2 is 1.77 bits per heavy atom. The lowest BCUT2D eigenvalue weighted by atomic mass is 10.3. The van der Waals surface area contributed by atoms with Crippen LogP contribution in [0.1, 0.15) is 16.4 Å². The number of para-hydroxylation sites is 1. The van der Waals surface area contributed by atoms with E-state index in [-0.39, 0.29) is 24.2 Å². The molecule has 0 unspecified atom stereocenters. The van der Waals surface area contributed by atoms with E-state index in [1.165, 1.54) is 9.80 Å². The van der Waals surface area contributed by atoms with Crippen LogP contribution in [0.25, 0.3) is 5.69 Å². The van der Waals surface area contributed by atoms with Gasteiger partial charge in [0, 0.05) is 21.1 Å². The van der Waals surface area contributed by atoms with Crippen LogP contribution in [0.5, 0.6) is 0 Å². The zero-order chi connectivity index (χ0) is 16.3. The number of rotatable bonds is 4. The maximum atomic E-state index is 12.3. The van der Waals surface area contributed by atoms with Crippen LogP contribution in [0.4, 0.5) is 0 Å². The summed E-state index contributed by atoms with van der Waals surface area (Å²) < 4.78 is 1.61. The summed E-state index contributed by atoms with van der Waals surface area (Å²) in [6.07, 6.45) is 0. The summed E-state index contributed by atoms with van der Waals surface area (Å²) in [6.45, 7) is 1.77. The average Bonchev–Trinajstić information content (AvgIpc) is 2.89. The number of amides is 2. The number of carbonyl (C=O) groups is 2. The van der Waals surface area contributed by atoms with E-state index in [2.05, 4.69) is 10.1 Å². The van der Waals surface area contributed by atoms with Gasteiger partial charge >= 0.3 is 0 Å². The number of likely N-dealkylation sites (N-methyl/N-ethyl adjacent to an activating group) is 2. The van der Waals surface area contributed by atoms with Gasteiger partial charge < -0.3 is 9.80 Å². The topological polar surface area (TPSA) is 71.3 Å². The van der Waals surface area contributed by atoms with Crippen LogP contribution in [-0.2, 0) is 4.79 Å². The number of aryl methyl sites for hydroxylation is 1. The zero-order valence-electron chi connectivity index (χ0n) is 13.1. The van der Waals surface area contributed by atoms with Crippen LogP contribution in [0, 0.1) is 6.92 Å². The second kappa shape index (κ2) is 6.38. The molecule has 0 saturated carbocycles. The van der Waals surface area contributed by atoms with Crippen molar-refractivity contribution < 1.29 is 9.59 Å². The van der Waals surface area contributed by atoms with Crippen molar-refractivity contribution in [3.8, 4) is 5.69 Å². The number of hydrogen-bond acceptors (Lipinski definition) is 4. The van der Waals surface area contributed by atoms with E-state index in [9.17, 15) is 9.59 Å². The number of benzene rings is 1. The minimum absolute atomic E-state index is 0.00917. The van der Waals surface area contributed by atoms with Gasteiger partial charge in [0.05, 0.1) is 12.2 Å². The van der Waals surface area contributed by atoms with Crippen molar-refractivity contribution in [3.63, 3.8) is 0 Å². The van der Waals surface area contributed by atoms with Crippen LogP contribution in [-0.4, -0.2) is 64.1 Å². The Hall–Kier alpha value is -2.70. The highest BCUT2D eigenvalue weighted by Gasteiger charge is 2.21. The summed E-state index contributed by atoms with van der Waals surface area (Å²) in [5.41, 5.74) is 0.832. The normalized spacial score (nSPS) is 10.4. The molecule has 7 heteroatoms. The van der Waals surface area contributed by atoms with E-state index in [1.807, 2.05) is 30.3 Å². The van der Waals surface area contributed by atoms with Crippen molar-refractivity contribution in [2.75, 3.05) is 27.7 Å². The van der Waals surface area contributed by atoms with Gasteiger partial charge in [-0.3, -0.25) is 9.59 Å². The Balaban J connectivity index is 2.20. The molecule has 0 saturated heterocycles. The summed E-state index contributed by atoms with van der Waals surface area (Å²) >= 11 is 0. The Morgan fingerprint density at radius 1 is 1.14 bits per heavy atom. The van der Waals surface area contributed by atoms with Crippen LogP contribution in [0.3, 0.4) is 0 Å². The second-order valence-corrected chi connectivity index (χ2v) is 5.18. The predicted molar refractivity (Wildman–Crippen MR) is 81.8 cm³/mol. The minimum atomic E-state index is -0.381. The van der Waals surface area contributed by atoms with Gasteiger partial charge in [-0.05, 0) is 19.1 Å². The molecule has 116 valence electrons. The molecule has 2 amide bonds. The van der Waals surface area contributed by atoms with Gasteiger partial charge in [-0.1, -0.05) is 18.2 Å². The minimum Gasteiger partial charge on any atom is -0.347 e. The molecule has 0 atom stereocenters. The van der Waals surface area contributed by atoms with Crippen molar-refractivity contribution in [2.45, 2.75) is 6.92 Å². The van der Waals surface area contributed by atoms with Crippen molar-refractivity contribution in [3.05, 3.63) is 42.0 Å². The van der Waals surface area contributed by atoms with Crippen molar-refractivity contribution in [1.82, 2.24) is 24.6 Å². The highest BCUT2D eigenvalue weighted by molar-refractivity contribution is 5.93. The van der Waals surface area contributed by atoms with Crippen LogP contribution in [0.2, 0.25) is 0 Å². The Morgan fingerprint density at radius 3 is 2.36 bits per heavy atom. The highest BCUT2D eigenvalue weighted by atomic mass is 16.2. The van der Waals surface area contributed by atoms with Gasteiger partial charge in [-0.25, -0.2) is 9.67 Å². The summed E-state index contributed by atoms with van der Waals surface area (Å²) in [4.78, 5) is 30.9. The predicted octanol–water partition coefficient (Wildman–Crippen LogP) is 0.736. The van der Waals surface area contributed by atoms with Gasteiger partial charge in [0.15, 0.2) is 0 Å². The smallest absolute Gasteiger partial charge is 0.293 e. The number of aromatic nitrogens is 3. The van der Waals surface area contributed by atoms with E-state index in [1.54, 1.807) is 32.7 Å². The lowest BCUT2D eigenvalue weighted by Crippen LogP contribution is -2.38. The number of nitrogens with zero attached hydrogens (tertiary/aromatic N) is 5. The van der Waals surface area contributed by atoms with Gasteiger partial charge in [0.25, 0.3) is 5.91 Å². The molecular weight excluding hydrogens is 282 g/mol. The molecule has 0 radical (unpaired) electrons. The molecule has 0 bridgehead atoms. The molecule has 0 N–H and O–H groups in total. The quantitative estimate of drug-likeness (QED) is 0.835. The largest absolute Gasteiger partial charge is 0.347 e. The Labute approximate surface area is 129 Å². The lowest BCUT2D eigenvalue weighted by molar-refractivity contribution is -0.129. The van der Waals surface area contributed by atoms with Gasteiger partial charge in [0.2, 0.25) is 11.7 Å². The first kappa shape index (κ1) is 15.7. The van der Waals surface area contributed by atoms with Crippen LogP contribution in [0.15, 0.2) is 30.3 Å². The molecule has 22 heavy (non-hydrogen) atoms. The third kappa shape index (κ3) is 3.30. The fraction of sp³-hybridized carbons (Fsp3) is 0.333. The van der Waals surface area contributed by atoms with Crippen molar-refractivity contribution in [1.29, 1.82) is 0 Å². The van der Waals surface area contributed by atoms with Gasteiger partial charge in [-0.15, -0.1) is 5.10 Å². The van der Waals surface area contributed by atoms with Crippen molar-refractivity contribution in [2.24, 2.45) is 0 Å². The monoisotopic (exact) mass is 301 g/mol. The standard InChI is InChI=1S/C15H19N5O2/c1-11-16-14(15(22)19(4)10-13(21)18(2)3)17-20(11)12-8-6-5-7-9-12/h5-9H,10H2,1-4H3. The molecular formula is C15H19N5O2. The Kier molecular flexibility index (Phi) is 4.55. The zero-order valence-corrected chi connectivity index (χ0v) is 13.1. The van der Waals surface area contributed by atoms with Gasteiger partial charge in [-0.2, -0.15) is 0 Å². The fourth-order valence-electron chi connectivity index (χ4n) is 1.88. The number of hydrogen-bond donors (Lipinski definition) is 0. The highest BCUT2D eigenvalue weighted by Crippen LogP contribution is 2.09. The van der Waals surface area contributed by atoms with E-state index < -0.39 is 0 Å². The summed E-state index contributed by atoms with van der Waals surface area (Å²) in [5.74, 6) is 0.153. The molecule has 2 rings (SSSR count). The molecule has 7 nitrogen and oxygen atoms in total. The van der Waals surface area contributed by atoms with E-state index in [4.69, 9.17) is 0 Å². The molecule has 2 aromatic rings. The van der Waals surface area contributed by atoms with Crippen molar-refractivity contribution >= 4 is 11.8 Å². The van der Waals surface area contributed by atoms with E-state index in [0.717, 1.165) is 5.69 Å². The maximum Gasteiger partial charge on any atom is 0.293 e. The van der Waals surface area contributed by atoms with E-state index in [0.29, 0.717) is 5.82 Å². The summed E-state index contributed by atoms with van der Waals surface area (Å²) in [6, 6.07) is 9.45. The van der Waals surface area contributed by atoms with Crippen LogP contribution >= 0.6 is 0 Å². The molecule has 0 fully saturated rings. The first-order valence-electron chi connectivity index (χ1n) is 6.85. The molecule has 0 aliphatic carbocycles. The molecule has 1 heterocycles. The molecule has 0 aliphatic rings. The van der Waals surface area contributed by atoms with E-state index >= 15 is 0 Å². The number of carbonyl (C=O) groups excluding carboxylic acids is 2. The lowest BCUT2D eigenvalue weighted by Gasteiger charge is -2.17.